The van der Waals surface area contributed by atoms with E-state index in [1.807, 2.05) is 0 Å². The third-order valence-corrected chi connectivity index (χ3v) is 4.64. The molecule has 1 fully saturated rings. The van der Waals surface area contributed by atoms with E-state index >= 15 is 0 Å². The van der Waals surface area contributed by atoms with Crippen molar-refractivity contribution in [2.45, 2.75) is 12.5 Å². The minimum absolute atomic E-state index is 0.118. The highest BCUT2D eigenvalue weighted by Gasteiger charge is 2.28. The summed E-state index contributed by atoms with van der Waals surface area (Å²) in [4.78, 5) is 13.0. The smallest absolute Gasteiger partial charge is 0.273 e. The van der Waals surface area contributed by atoms with Gasteiger partial charge in [-0.15, -0.1) is 10.2 Å². The second-order valence-electron chi connectivity index (χ2n) is 4.75. The fourth-order valence-electron chi connectivity index (χ4n) is 1.87. The number of nitrogens with one attached hydrogen (secondary N) is 1. The highest BCUT2D eigenvalue weighted by molar-refractivity contribution is 7.91. The lowest BCUT2D eigenvalue weighted by Crippen LogP contribution is -2.24. The van der Waals surface area contributed by atoms with Crippen molar-refractivity contribution in [2.75, 3.05) is 30.9 Å². The Labute approximate surface area is 111 Å². The van der Waals surface area contributed by atoms with Crippen LogP contribution < -0.4 is 5.32 Å². The molecule has 1 amide bonds. The molecule has 0 aromatic carbocycles. The maximum absolute atomic E-state index is 11.6. The molecular weight excluding hydrogens is 268 g/mol. The van der Waals surface area contributed by atoms with Gasteiger partial charge in [0.1, 0.15) is 5.82 Å². The lowest BCUT2D eigenvalue weighted by Gasteiger charge is -2.12. The lowest BCUT2D eigenvalue weighted by atomic mass is 10.2. The van der Waals surface area contributed by atoms with Crippen LogP contribution in [0.1, 0.15) is 16.9 Å². The van der Waals surface area contributed by atoms with Crippen LogP contribution in [0, 0.1) is 0 Å². The van der Waals surface area contributed by atoms with E-state index in [-0.39, 0.29) is 29.1 Å². The summed E-state index contributed by atoms with van der Waals surface area (Å²) in [5, 5.41) is 10.7. The molecule has 2 rings (SSSR count). The summed E-state index contributed by atoms with van der Waals surface area (Å²) in [6, 6.07) is 3.07. The number of carbonyl (C=O) groups is 1. The van der Waals surface area contributed by atoms with E-state index in [2.05, 4.69) is 15.5 Å². The Morgan fingerprint density at radius 3 is 2.58 bits per heavy atom. The Hall–Kier alpha value is -1.70. The van der Waals surface area contributed by atoms with Crippen LogP contribution in [0.5, 0.6) is 0 Å². The van der Waals surface area contributed by atoms with Gasteiger partial charge in [0, 0.05) is 20.1 Å². The molecule has 19 heavy (non-hydrogen) atoms. The third kappa shape index (κ3) is 3.40. The molecule has 8 heteroatoms. The molecular formula is C11H16N4O3S. The molecule has 0 bridgehead atoms. The first kappa shape index (κ1) is 13.7. The number of anilines is 1. The number of aromatic nitrogens is 2. The maximum atomic E-state index is 11.6. The average Bonchev–Trinajstić information content (AvgIpc) is 2.68. The van der Waals surface area contributed by atoms with Gasteiger partial charge in [-0.05, 0) is 18.6 Å². The number of nitrogens with zero attached hydrogens (tertiary/aromatic N) is 3. The molecule has 1 N–H and O–H groups in total. The molecule has 1 aromatic rings. The van der Waals surface area contributed by atoms with Crippen LogP contribution in [-0.4, -0.2) is 61.1 Å². The average molecular weight is 284 g/mol. The summed E-state index contributed by atoms with van der Waals surface area (Å²) in [6.45, 7) is 0. The number of hydrogen-bond donors (Lipinski definition) is 1. The SMILES string of the molecule is CN(C)C(=O)c1ccc(NC2CCS(=O)(=O)C2)nn1. The van der Waals surface area contributed by atoms with Gasteiger partial charge >= 0.3 is 0 Å². The van der Waals surface area contributed by atoms with Crippen molar-refractivity contribution in [3.05, 3.63) is 17.8 Å². The van der Waals surface area contributed by atoms with Crippen molar-refractivity contribution in [3.63, 3.8) is 0 Å². The highest BCUT2D eigenvalue weighted by atomic mass is 32.2. The van der Waals surface area contributed by atoms with Gasteiger partial charge in [-0.2, -0.15) is 0 Å². The van der Waals surface area contributed by atoms with E-state index in [4.69, 9.17) is 0 Å². The standard InChI is InChI=1S/C11H16N4O3S/c1-15(2)11(16)9-3-4-10(14-13-9)12-8-5-6-19(17,18)7-8/h3-4,8H,5-7H2,1-2H3,(H,12,14). The second kappa shape index (κ2) is 5.12. The summed E-state index contributed by atoms with van der Waals surface area (Å²) >= 11 is 0. The van der Waals surface area contributed by atoms with Crippen LogP contribution >= 0.6 is 0 Å². The van der Waals surface area contributed by atoms with Crippen LogP contribution in [0.3, 0.4) is 0 Å². The van der Waals surface area contributed by atoms with Crippen molar-refractivity contribution in [1.29, 1.82) is 0 Å². The fourth-order valence-corrected chi connectivity index (χ4v) is 3.54. The first-order valence-corrected chi connectivity index (χ1v) is 7.72. The third-order valence-electron chi connectivity index (χ3n) is 2.87. The Bertz CT molecular complexity index is 568. The van der Waals surface area contributed by atoms with Gasteiger partial charge in [0.15, 0.2) is 15.5 Å². The topological polar surface area (TPSA) is 92.3 Å². The Kier molecular flexibility index (Phi) is 3.70. The van der Waals surface area contributed by atoms with E-state index in [0.717, 1.165) is 0 Å². The number of sulfone groups is 1. The fraction of sp³-hybridized carbons (Fsp3) is 0.545. The summed E-state index contributed by atoms with van der Waals surface area (Å²) in [5.74, 6) is 0.586. The zero-order chi connectivity index (χ0) is 14.0. The molecule has 1 unspecified atom stereocenters. The van der Waals surface area contributed by atoms with E-state index in [1.165, 1.54) is 4.90 Å². The van der Waals surface area contributed by atoms with Crippen molar-refractivity contribution in [1.82, 2.24) is 15.1 Å². The molecule has 2 heterocycles. The number of hydrogen-bond acceptors (Lipinski definition) is 6. The molecule has 0 aliphatic carbocycles. The highest BCUT2D eigenvalue weighted by Crippen LogP contribution is 2.15. The first-order chi connectivity index (χ1) is 8.87. The Morgan fingerprint density at radius 1 is 1.37 bits per heavy atom. The first-order valence-electron chi connectivity index (χ1n) is 5.90. The van der Waals surface area contributed by atoms with E-state index < -0.39 is 9.84 Å². The number of carbonyl (C=O) groups excluding carboxylic acids is 1. The summed E-state index contributed by atoms with van der Waals surface area (Å²) in [6.07, 6.45) is 0.572. The summed E-state index contributed by atoms with van der Waals surface area (Å²) in [5.41, 5.74) is 0.259. The number of rotatable bonds is 3. The summed E-state index contributed by atoms with van der Waals surface area (Å²) < 4.78 is 22.6. The zero-order valence-electron chi connectivity index (χ0n) is 10.8. The molecule has 104 valence electrons. The minimum atomic E-state index is -2.92. The van der Waals surface area contributed by atoms with Crippen LogP contribution in [0.25, 0.3) is 0 Å². The molecule has 1 aliphatic heterocycles. The second-order valence-corrected chi connectivity index (χ2v) is 6.98. The molecule has 0 saturated carbocycles. The van der Waals surface area contributed by atoms with Crippen molar-refractivity contribution in [2.24, 2.45) is 0 Å². The molecule has 1 atom stereocenters. The maximum Gasteiger partial charge on any atom is 0.273 e. The minimum Gasteiger partial charge on any atom is -0.365 e. The molecule has 1 saturated heterocycles. The van der Waals surface area contributed by atoms with Crippen molar-refractivity contribution in [3.8, 4) is 0 Å². The van der Waals surface area contributed by atoms with Crippen molar-refractivity contribution >= 4 is 21.6 Å². The van der Waals surface area contributed by atoms with Gasteiger partial charge in [0.2, 0.25) is 0 Å². The normalized spacial score (nSPS) is 21.1. The van der Waals surface area contributed by atoms with Crippen LogP contribution in [0.2, 0.25) is 0 Å². The molecule has 1 aliphatic rings. The van der Waals surface area contributed by atoms with Crippen LogP contribution in [0.4, 0.5) is 5.82 Å². The number of amides is 1. The molecule has 7 nitrogen and oxygen atoms in total. The summed E-state index contributed by atoms with van der Waals surface area (Å²) in [7, 11) is 0.357. The van der Waals surface area contributed by atoms with E-state index in [1.54, 1.807) is 26.2 Å². The Balaban J connectivity index is 2.02. The monoisotopic (exact) mass is 284 g/mol. The molecule has 1 aromatic heterocycles. The lowest BCUT2D eigenvalue weighted by molar-refractivity contribution is 0.0821. The van der Waals surface area contributed by atoms with Gasteiger partial charge in [-0.25, -0.2) is 8.42 Å². The van der Waals surface area contributed by atoms with Crippen LogP contribution in [0.15, 0.2) is 12.1 Å². The van der Waals surface area contributed by atoms with Crippen molar-refractivity contribution < 1.29 is 13.2 Å². The molecule has 0 spiro atoms. The van der Waals surface area contributed by atoms with Gasteiger partial charge < -0.3 is 10.2 Å². The van der Waals surface area contributed by atoms with Crippen LogP contribution in [-0.2, 0) is 9.84 Å². The quantitative estimate of drug-likeness (QED) is 0.825. The largest absolute Gasteiger partial charge is 0.365 e. The molecule has 0 radical (unpaired) electrons. The van der Waals surface area contributed by atoms with E-state index in [9.17, 15) is 13.2 Å². The Morgan fingerprint density at radius 2 is 2.11 bits per heavy atom. The predicted molar refractivity (Wildman–Crippen MR) is 70.7 cm³/mol. The van der Waals surface area contributed by atoms with E-state index in [0.29, 0.717) is 12.2 Å². The zero-order valence-corrected chi connectivity index (χ0v) is 11.6. The predicted octanol–water partition coefficient (Wildman–Crippen LogP) is -0.223. The van der Waals surface area contributed by atoms with Gasteiger partial charge in [0.05, 0.1) is 11.5 Å². The van der Waals surface area contributed by atoms with Gasteiger partial charge in [0.25, 0.3) is 5.91 Å². The van der Waals surface area contributed by atoms with Gasteiger partial charge in [-0.1, -0.05) is 0 Å². The van der Waals surface area contributed by atoms with Gasteiger partial charge in [-0.3, -0.25) is 4.79 Å².